The Morgan fingerprint density at radius 3 is 2.67 bits per heavy atom. The van der Waals surface area contributed by atoms with Crippen molar-refractivity contribution in [1.29, 1.82) is 0 Å². The zero-order valence-corrected chi connectivity index (χ0v) is 19.2. The molecule has 1 aliphatic rings. The molecule has 0 amide bonds. The summed E-state index contributed by atoms with van der Waals surface area (Å²) in [7, 11) is 0. The van der Waals surface area contributed by atoms with Crippen LogP contribution in [0.3, 0.4) is 0 Å². The molecular formula is C29H27ClN2O. The van der Waals surface area contributed by atoms with Crippen LogP contribution in [0.2, 0.25) is 5.02 Å². The topological polar surface area (TPSA) is 38.0 Å². The van der Waals surface area contributed by atoms with Gasteiger partial charge >= 0.3 is 0 Å². The van der Waals surface area contributed by atoms with Crippen molar-refractivity contribution in [2.75, 3.05) is 0 Å². The van der Waals surface area contributed by atoms with E-state index >= 15 is 0 Å². The van der Waals surface area contributed by atoms with Gasteiger partial charge in [0.2, 0.25) is 0 Å². The van der Waals surface area contributed by atoms with Crippen molar-refractivity contribution in [1.82, 2.24) is 9.78 Å². The molecule has 0 spiro atoms. The largest absolute Gasteiger partial charge is 0.508 e. The maximum absolute atomic E-state index is 10.1. The lowest BCUT2D eigenvalue weighted by molar-refractivity contribution is 0.453. The fourth-order valence-corrected chi connectivity index (χ4v) is 5.08. The number of allylic oxidation sites excluding steroid dienone is 2. The van der Waals surface area contributed by atoms with Gasteiger partial charge in [-0.25, -0.2) is 0 Å². The standard InChI is InChI=1S/C29H27ClN2O/c30-26-12-4-11-24(18-26)29(22-8-2-1-3-9-22)25-19-31-32(20-25)16-6-7-21-14-15-27-23(17-21)10-5-13-28(27)33/h1-13,18-21,29,33H,14-17H2. The Balaban J connectivity index is 1.31. The molecule has 0 bridgehead atoms. The molecule has 33 heavy (non-hydrogen) atoms. The molecule has 1 heterocycles. The number of aromatic hydroxyl groups is 1. The van der Waals surface area contributed by atoms with Crippen LogP contribution >= 0.6 is 11.6 Å². The van der Waals surface area contributed by atoms with E-state index in [-0.39, 0.29) is 5.92 Å². The van der Waals surface area contributed by atoms with Gasteiger partial charge in [0.25, 0.3) is 0 Å². The third-order valence-electron chi connectivity index (χ3n) is 6.50. The van der Waals surface area contributed by atoms with Gasteiger partial charge in [0, 0.05) is 22.7 Å². The first-order chi connectivity index (χ1) is 16.2. The smallest absolute Gasteiger partial charge is 0.119 e. The Kier molecular flexibility index (Phi) is 6.32. The van der Waals surface area contributed by atoms with Crippen molar-refractivity contribution < 1.29 is 5.11 Å². The minimum atomic E-state index is 0.0881. The third-order valence-corrected chi connectivity index (χ3v) is 6.73. The van der Waals surface area contributed by atoms with Crippen LogP contribution in [0.4, 0.5) is 0 Å². The summed E-state index contributed by atoms with van der Waals surface area (Å²) in [5.74, 6) is 1.02. The Labute approximate surface area is 200 Å². The molecule has 3 aromatic carbocycles. The number of aromatic nitrogens is 2. The molecular weight excluding hydrogens is 428 g/mol. The zero-order chi connectivity index (χ0) is 22.6. The number of fused-ring (bicyclic) bond motifs is 1. The Hall–Kier alpha value is -3.30. The average molecular weight is 455 g/mol. The van der Waals surface area contributed by atoms with Crippen molar-refractivity contribution in [3.05, 3.63) is 130 Å². The maximum atomic E-state index is 10.1. The first-order valence-electron chi connectivity index (χ1n) is 11.5. The first kappa shape index (κ1) is 21.5. The SMILES string of the molecule is Oc1cccc2c1CCC(C=CCn1cc(C(c3ccccc3)c3cccc(Cl)c3)cn1)C2. The van der Waals surface area contributed by atoms with E-state index in [0.29, 0.717) is 11.7 Å². The molecule has 1 N–H and O–H groups in total. The summed E-state index contributed by atoms with van der Waals surface area (Å²) in [6, 6.07) is 24.4. The molecule has 3 nitrogen and oxygen atoms in total. The van der Waals surface area contributed by atoms with Crippen LogP contribution in [0, 0.1) is 5.92 Å². The number of hydrogen-bond donors (Lipinski definition) is 1. The van der Waals surface area contributed by atoms with E-state index in [4.69, 9.17) is 11.6 Å². The number of phenols is 1. The van der Waals surface area contributed by atoms with E-state index in [2.05, 4.69) is 59.8 Å². The lowest BCUT2D eigenvalue weighted by Gasteiger charge is -2.22. The highest BCUT2D eigenvalue weighted by atomic mass is 35.5. The molecule has 166 valence electrons. The second kappa shape index (κ2) is 9.68. The number of benzene rings is 3. The Bertz CT molecular complexity index is 1260. The quantitative estimate of drug-likeness (QED) is 0.326. The van der Waals surface area contributed by atoms with Gasteiger partial charge in [-0.05, 0) is 65.6 Å². The lowest BCUT2D eigenvalue weighted by atomic mass is 9.83. The van der Waals surface area contributed by atoms with Crippen LogP contribution in [0.15, 0.2) is 97.3 Å². The summed E-state index contributed by atoms with van der Waals surface area (Å²) in [6.07, 6.45) is 11.6. The summed E-state index contributed by atoms with van der Waals surface area (Å²) in [4.78, 5) is 0. The highest BCUT2D eigenvalue weighted by Crippen LogP contribution is 2.33. The molecule has 1 aliphatic carbocycles. The van der Waals surface area contributed by atoms with Gasteiger partial charge in [-0.2, -0.15) is 5.10 Å². The number of phenolic OH excluding ortho intramolecular Hbond substituents is 1. The summed E-state index contributed by atoms with van der Waals surface area (Å²) < 4.78 is 1.99. The van der Waals surface area contributed by atoms with Crippen LogP contribution in [-0.4, -0.2) is 14.9 Å². The predicted molar refractivity (Wildman–Crippen MR) is 134 cm³/mol. The normalized spacial score (nSPS) is 16.6. The fraction of sp³-hybridized carbons (Fsp3) is 0.207. The van der Waals surface area contributed by atoms with Crippen LogP contribution in [0.25, 0.3) is 0 Å². The van der Waals surface area contributed by atoms with Gasteiger partial charge in [0.15, 0.2) is 0 Å². The summed E-state index contributed by atoms with van der Waals surface area (Å²) >= 11 is 6.31. The number of rotatable bonds is 6. The van der Waals surface area contributed by atoms with E-state index in [1.807, 2.05) is 41.2 Å². The molecule has 4 aromatic rings. The minimum Gasteiger partial charge on any atom is -0.508 e. The number of halogens is 1. The molecule has 0 aliphatic heterocycles. The van der Waals surface area contributed by atoms with Gasteiger partial charge in [0.1, 0.15) is 5.75 Å². The molecule has 1 aromatic heterocycles. The second-order valence-electron chi connectivity index (χ2n) is 8.74. The highest BCUT2D eigenvalue weighted by molar-refractivity contribution is 6.30. The predicted octanol–water partition coefficient (Wildman–Crippen LogP) is 6.78. The molecule has 4 heteroatoms. The summed E-state index contributed by atoms with van der Waals surface area (Å²) in [5.41, 5.74) is 5.92. The molecule has 0 saturated heterocycles. The highest BCUT2D eigenvalue weighted by Gasteiger charge is 2.20. The average Bonchev–Trinajstić information content (AvgIpc) is 3.28. The maximum Gasteiger partial charge on any atom is 0.119 e. The monoisotopic (exact) mass is 454 g/mol. The minimum absolute atomic E-state index is 0.0881. The van der Waals surface area contributed by atoms with Crippen molar-refractivity contribution in [3.8, 4) is 5.75 Å². The van der Waals surface area contributed by atoms with E-state index in [0.717, 1.165) is 47.5 Å². The van der Waals surface area contributed by atoms with Crippen molar-refractivity contribution in [2.24, 2.45) is 5.92 Å². The van der Waals surface area contributed by atoms with Gasteiger partial charge in [-0.3, -0.25) is 4.68 Å². The van der Waals surface area contributed by atoms with Crippen molar-refractivity contribution in [3.63, 3.8) is 0 Å². The van der Waals surface area contributed by atoms with Gasteiger partial charge < -0.3 is 5.11 Å². The van der Waals surface area contributed by atoms with Crippen molar-refractivity contribution in [2.45, 2.75) is 31.7 Å². The fourth-order valence-electron chi connectivity index (χ4n) is 4.88. The number of hydrogen-bond acceptors (Lipinski definition) is 2. The van der Waals surface area contributed by atoms with Crippen LogP contribution in [-0.2, 0) is 19.4 Å². The number of nitrogens with zero attached hydrogens (tertiary/aromatic N) is 2. The second-order valence-corrected chi connectivity index (χ2v) is 9.18. The Morgan fingerprint density at radius 2 is 1.82 bits per heavy atom. The first-order valence-corrected chi connectivity index (χ1v) is 11.8. The van der Waals surface area contributed by atoms with E-state index in [1.54, 1.807) is 6.07 Å². The van der Waals surface area contributed by atoms with Crippen molar-refractivity contribution >= 4 is 11.6 Å². The molecule has 2 atom stereocenters. The van der Waals surface area contributed by atoms with Gasteiger partial charge in [-0.1, -0.05) is 78.4 Å². The van der Waals surface area contributed by atoms with E-state index < -0.39 is 0 Å². The van der Waals surface area contributed by atoms with Gasteiger partial charge in [-0.15, -0.1) is 0 Å². The van der Waals surface area contributed by atoms with E-state index in [9.17, 15) is 5.11 Å². The molecule has 2 unspecified atom stereocenters. The molecule has 0 radical (unpaired) electrons. The Morgan fingerprint density at radius 1 is 1.00 bits per heavy atom. The summed E-state index contributed by atoms with van der Waals surface area (Å²) in [5, 5.41) is 15.4. The van der Waals surface area contributed by atoms with Crippen LogP contribution in [0.1, 0.15) is 40.2 Å². The lowest BCUT2D eigenvalue weighted by Crippen LogP contribution is -2.12. The summed E-state index contributed by atoms with van der Waals surface area (Å²) in [6.45, 7) is 0.737. The zero-order valence-electron chi connectivity index (χ0n) is 18.4. The van der Waals surface area contributed by atoms with E-state index in [1.165, 1.54) is 11.1 Å². The molecule has 0 saturated carbocycles. The third kappa shape index (κ3) is 4.89. The van der Waals surface area contributed by atoms with Gasteiger partial charge in [0.05, 0.1) is 12.7 Å². The van der Waals surface area contributed by atoms with Crippen LogP contribution in [0.5, 0.6) is 5.75 Å². The molecule has 5 rings (SSSR count). The molecule has 0 fully saturated rings. The van der Waals surface area contributed by atoms with Crippen LogP contribution < -0.4 is 0 Å².